The molecule has 0 aromatic heterocycles. The Morgan fingerprint density at radius 2 is 1.82 bits per heavy atom. The maximum Gasteiger partial charge on any atom is 0.407 e. The summed E-state index contributed by atoms with van der Waals surface area (Å²) in [6, 6.07) is 6.37. The number of amides is 1. The Morgan fingerprint density at radius 1 is 1.27 bits per heavy atom. The molecule has 0 heterocycles. The second-order valence-electron chi connectivity index (χ2n) is 6.73. The van der Waals surface area contributed by atoms with Gasteiger partial charge in [-0.1, -0.05) is 6.07 Å². The van der Waals surface area contributed by atoms with Crippen molar-refractivity contribution < 1.29 is 9.53 Å². The fraction of sp³-hybridized carbons (Fsp3) is 0.588. The third-order valence-electron chi connectivity index (χ3n) is 3.31. The van der Waals surface area contributed by atoms with E-state index in [9.17, 15) is 4.79 Å². The maximum atomic E-state index is 11.8. The molecule has 0 aliphatic rings. The molecular formula is C17H29N3O2. The smallest absolute Gasteiger partial charge is 0.407 e. The lowest BCUT2D eigenvalue weighted by Crippen LogP contribution is -2.47. The number of nitrogens with two attached hydrogens (primary N) is 1. The van der Waals surface area contributed by atoms with Gasteiger partial charge in [0, 0.05) is 25.8 Å². The van der Waals surface area contributed by atoms with Crippen LogP contribution in [0.2, 0.25) is 0 Å². The van der Waals surface area contributed by atoms with Crippen LogP contribution in [0.25, 0.3) is 0 Å². The minimum absolute atomic E-state index is 0.00807. The molecule has 0 saturated carbocycles. The molecule has 0 saturated heterocycles. The first kappa shape index (κ1) is 18.3. The average molecular weight is 307 g/mol. The van der Waals surface area contributed by atoms with E-state index in [0.717, 1.165) is 5.69 Å². The normalized spacial score (nSPS) is 12.7. The van der Waals surface area contributed by atoms with E-state index < -0.39 is 11.7 Å². The molecule has 0 aliphatic carbocycles. The summed E-state index contributed by atoms with van der Waals surface area (Å²) in [6.07, 6.45) is -0.417. The zero-order valence-corrected chi connectivity index (χ0v) is 14.6. The number of likely N-dealkylation sites (N-methyl/N-ethyl adjacent to an activating group) is 1. The number of nitrogens with zero attached hydrogens (tertiary/aromatic N) is 1. The topological polar surface area (TPSA) is 67.6 Å². The molecule has 22 heavy (non-hydrogen) atoms. The predicted molar refractivity (Wildman–Crippen MR) is 91.4 cm³/mol. The monoisotopic (exact) mass is 307 g/mol. The summed E-state index contributed by atoms with van der Waals surface area (Å²) in [4.78, 5) is 13.8. The van der Waals surface area contributed by atoms with Crippen molar-refractivity contribution in [2.75, 3.05) is 25.0 Å². The van der Waals surface area contributed by atoms with Gasteiger partial charge in [-0.05, 0) is 57.9 Å². The third kappa shape index (κ3) is 5.93. The Labute approximate surface area is 133 Å². The van der Waals surface area contributed by atoms with E-state index in [4.69, 9.17) is 10.5 Å². The largest absolute Gasteiger partial charge is 0.444 e. The molecule has 0 aliphatic heterocycles. The van der Waals surface area contributed by atoms with E-state index in [-0.39, 0.29) is 6.04 Å². The molecule has 1 aromatic carbocycles. The van der Waals surface area contributed by atoms with Crippen LogP contribution in [0.4, 0.5) is 10.5 Å². The van der Waals surface area contributed by atoms with Crippen LogP contribution in [-0.4, -0.2) is 37.9 Å². The van der Waals surface area contributed by atoms with Crippen molar-refractivity contribution in [2.24, 2.45) is 5.73 Å². The highest BCUT2D eigenvalue weighted by Gasteiger charge is 2.19. The van der Waals surface area contributed by atoms with Gasteiger partial charge in [-0.25, -0.2) is 4.79 Å². The van der Waals surface area contributed by atoms with Gasteiger partial charge in [-0.15, -0.1) is 0 Å². The first-order chi connectivity index (χ1) is 10.1. The number of carbonyl (C=O) groups is 1. The van der Waals surface area contributed by atoms with Crippen LogP contribution in [-0.2, 0) is 4.74 Å². The Kier molecular flexibility index (Phi) is 6.23. The van der Waals surface area contributed by atoms with Crippen molar-refractivity contribution in [1.29, 1.82) is 0 Å². The van der Waals surface area contributed by atoms with Crippen LogP contribution < -0.4 is 16.0 Å². The van der Waals surface area contributed by atoms with Crippen molar-refractivity contribution in [3.63, 3.8) is 0 Å². The van der Waals surface area contributed by atoms with Crippen molar-refractivity contribution >= 4 is 11.8 Å². The van der Waals surface area contributed by atoms with Crippen LogP contribution in [0.15, 0.2) is 18.2 Å². The van der Waals surface area contributed by atoms with Crippen molar-refractivity contribution in [2.45, 2.75) is 46.3 Å². The van der Waals surface area contributed by atoms with Gasteiger partial charge in [-0.3, -0.25) is 0 Å². The van der Waals surface area contributed by atoms with Crippen molar-refractivity contribution in [3.05, 3.63) is 29.3 Å². The van der Waals surface area contributed by atoms with E-state index in [1.807, 2.05) is 27.8 Å². The van der Waals surface area contributed by atoms with Crippen molar-refractivity contribution in [3.8, 4) is 0 Å². The molecule has 1 atom stereocenters. The second-order valence-corrected chi connectivity index (χ2v) is 6.73. The molecule has 0 fully saturated rings. The SMILES string of the molecule is Cc1cc(C)cc(N(C)C(CN)CNC(=O)OC(C)(C)C)c1. The molecule has 0 radical (unpaired) electrons. The fourth-order valence-corrected chi connectivity index (χ4v) is 2.26. The zero-order valence-electron chi connectivity index (χ0n) is 14.6. The summed E-state index contributed by atoms with van der Waals surface area (Å²) in [6.45, 7) is 10.5. The summed E-state index contributed by atoms with van der Waals surface area (Å²) >= 11 is 0. The predicted octanol–water partition coefficient (Wildman–Crippen LogP) is 2.59. The molecule has 5 nitrogen and oxygen atoms in total. The molecule has 124 valence electrons. The molecular weight excluding hydrogens is 278 g/mol. The number of alkyl carbamates (subject to hydrolysis) is 1. The van der Waals surface area contributed by atoms with E-state index >= 15 is 0 Å². The molecule has 0 bridgehead atoms. The number of rotatable bonds is 5. The second kappa shape index (κ2) is 7.49. The molecule has 1 aromatic rings. The Balaban J connectivity index is 2.69. The summed E-state index contributed by atoms with van der Waals surface area (Å²) < 4.78 is 5.25. The molecule has 0 spiro atoms. The van der Waals surface area contributed by atoms with Gasteiger partial charge < -0.3 is 20.7 Å². The van der Waals surface area contributed by atoms with Gasteiger partial charge >= 0.3 is 6.09 Å². The Morgan fingerprint density at radius 3 is 2.27 bits per heavy atom. The van der Waals surface area contributed by atoms with Gasteiger partial charge in [0.25, 0.3) is 0 Å². The van der Waals surface area contributed by atoms with E-state index in [1.54, 1.807) is 0 Å². The lowest BCUT2D eigenvalue weighted by Gasteiger charge is -2.30. The van der Waals surface area contributed by atoms with Gasteiger partial charge in [-0.2, -0.15) is 0 Å². The number of aryl methyl sites for hydroxylation is 2. The molecule has 1 amide bonds. The summed E-state index contributed by atoms with van der Waals surface area (Å²) in [7, 11) is 1.99. The van der Waals surface area contributed by atoms with Crippen LogP contribution in [0.1, 0.15) is 31.9 Å². The quantitative estimate of drug-likeness (QED) is 0.877. The van der Waals surface area contributed by atoms with Crippen LogP contribution in [0.5, 0.6) is 0 Å². The van der Waals surface area contributed by atoms with E-state index in [0.29, 0.717) is 13.1 Å². The van der Waals surface area contributed by atoms with Gasteiger partial charge in [0.1, 0.15) is 5.60 Å². The van der Waals surface area contributed by atoms with Crippen LogP contribution in [0.3, 0.4) is 0 Å². The van der Waals surface area contributed by atoms with Gasteiger partial charge in [0.05, 0.1) is 6.04 Å². The number of hydrogen-bond donors (Lipinski definition) is 2. The molecule has 5 heteroatoms. The number of hydrogen-bond acceptors (Lipinski definition) is 4. The Hall–Kier alpha value is -1.75. The lowest BCUT2D eigenvalue weighted by atomic mass is 10.1. The zero-order chi connectivity index (χ0) is 16.9. The lowest BCUT2D eigenvalue weighted by molar-refractivity contribution is 0.0525. The standard InChI is InChI=1S/C17H29N3O2/c1-12-7-13(2)9-14(8-12)20(6)15(10-18)11-19-16(21)22-17(3,4)5/h7-9,15H,10-11,18H2,1-6H3,(H,19,21). The highest BCUT2D eigenvalue weighted by Crippen LogP contribution is 2.19. The minimum atomic E-state index is -0.498. The summed E-state index contributed by atoms with van der Waals surface area (Å²) in [5.74, 6) is 0. The Bertz CT molecular complexity index is 489. The molecule has 1 rings (SSSR count). The fourth-order valence-electron chi connectivity index (χ4n) is 2.26. The number of benzene rings is 1. The third-order valence-corrected chi connectivity index (χ3v) is 3.31. The van der Waals surface area contributed by atoms with Crippen LogP contribution >= 0.6 is 0 Å². The van der Waals surface area contributed by atoms with Crippen molar-refractivity contribution in [1.82, 2.24) is 5.32 Å². The van der Waals surface area contributed by atoms with Gasteiger partial charge in [0.2, 0.25) is 0 Å². The summed E-state index contributed by atoms with van der Waals surface area (Å²) in [5.41, 5.74) is 8.88. The highest BCUT2D eigenvalue weighted by molar-refractivity contribution is 5.67. The number of anilines is 1. The minimum Gasteiger partial charge on any atom is -0.444 e. The average Bonchev–Trinajstić information content (AvgIpc) is 2.35. The van der Waals surface area contributed by atoms with E-state index in [1.165, 1.54) is 11.1 Å². The maximum absolute atomic E-state index is 11.8. The molecule has 3 N–H and O–H groups in total. The first-order valence-electron chi connectivity index (χ1n) is 7.60. The van der Waals surface area contributed by atoms with Gasteiger partial charge in [0.15, 0.2) is 0 Å². The van der Waals surface area contributed by atoms with Crippen LogP contribution in [0, 0.1) is 13.8 Å². The summed E-state index contributed by atoms with van der Waals surface area (Å²) in [5, 5.41) is 2.79. The molecule has 1 unspecified atom stereocenters. The first-order valence-corrected chi connectivity index (χ1v) is 7.60. The number of ether oxygens (including phenoxy) is 1. The highest BCUT2D eigenvalue weighted by atomic mass is 16.6. The van der Waals surface area contributed by atoms with E-state index in [2.05, 4.69) is 42.3 Å². The number of carbonyl (C=O) groups excluding carboxylic acids is 1. The number of nitrogens with one attached hydrogen (secondary N) is 1.